The molecule has 1 unspecified atom stereocenters. The van der Waals surface area contributed by atoms with Gasteiger partial charge in [-0.3, -0.25) is 0 Å². The lowest BCUT2D eigenvalue weighted by Gasteiger charge is -2.12. The van der Waals surface area contributed by atoms with Crippen LogP contribution in [0.5, 0.6) is 0 Å². The van der Waals surface area contributed by atoms with Crippen LogP contribution in [-0.2, 0) is 9.73 Å². The standard InChI is InChI=1S/C9H13IN2OS/c1-7(2)14(13,11-3)8-4-5-9(10)12-6-8/h4-7H,1-3H3. The average molecular weight is 324 g/mol. The molecule has 0 aliphatic heterocycles. The maximum atomic E-state index is 12.4. The topological polar surface area (TPSA) is 42.3 Å². The first kappa shape index (κ1) is 11.9. The number of pyridine rings is 1. The number of hydrogen-bond acceptors (Lipinski definition) is 3. The number of halogens is 1. The number of aromatic nitrogens is 1. The van der Waals surface area contributed by atoms with Gasteiger partial charge in [-0.05, 0) is 48.6 Å². The van der Waals surface area contributed by atoms with Crippen molar-refractivity contribution in [2.24, 2.45) is 4.36 Å². The molecular formula is C9H13IN2OS. The second kappa shape index (κ2) is 4.57. The van der Waals surface area contributed by atoms with Crippen LogP contribution in [0.3, 0.4) is 0 Å². The fraction of sp³-hybridized carbons (Fsp3) is 0.444. The minimum atomic E-state index is -2.28. The van der Waals surface area contributed by atoms with Gasteiger partial charge in [-0.25, -0.2) is 13.6 Å². The first-order chi connectivity index (χ1) is 6.50. The highest BCUT2D eigenvalue weighted by molar-refractivity contribution is 14.1. The molecule has 0 N–H and O–H groups in total. The van der Waals surface area contributed by atoms with Gasteiger partial charge in [0.05, 0.1) is 14.6 Å². The van der Waals surface area contributed by atoms with E-state index in [1.165, 1.54) is 0 Å². The zero-order valence-corrected chi connectivity index (χ0v) is 11.4. The molecular weight excluding hydrogens is 311 g/mol. The highest BCUT2D eigenvalue weighted by Crippen LogP contribution is 2.18. The summed E-state index contributed by atoms with van der Waals surface area (Å²) in [6.07, 6.45) is 1.65. The van der Waals surface area contributed by atoms with Crippen molar-refractivity contribution in [2.45, 2.75) is 24.0 Å². The van der Waals surface area contributed by atoms with Crippen molar-refractivity contribution in [2.75, 3.05) is 7.05 Å². The Bertz CT molecular complexity index is 419. The van der Waals surface area contributed by atoms with Gasteiger partial charge in [0.15, 0.2) is 0 Å². The fourth-order valence-corrected chi connectivity index (χ4v) is 3.09. The molecule has 0 saturated heterocycles. The van der Waals surface area contributed by atoms with E-state index in [1.54, 1.807) is 13.2 Å². The van der Waals surface area contributed by atoms with Crippen molar-refractivity contribution in [3.63, 3.8) is 0 Å². The lowest BCUT2D eigenvalue weighted by Crippen LogP contribution is -2.14. The van der Waals surface area contributed by atoms with Crippen molar-refractivity contribution in [3.05, 3.63) is 22.0 Å². The minimum absolute atomic E-state index is 0.00867. The Hall–Kier alpha value is -0.170. The van der Waals surface area contributed by atoms with E-state index in [1.807, 2.05) is 26.0 Å². The van der Waals surface area contributed by atoms with Crippen LogP contribution in [0.4, 0.5) is 0 Å². The molecule has 0 spiro atoms. The van der Waals surface area contributed by atoms with Gasteiger partial charge in [0.2, 0.25) is 0 Å². The predicted octanol–water partition coefficient (Wildman–Crippen LogP) is 2.55. The van der Waals surface area contributed by atoms with E-state index < -0.39 is 9.73 Å². The Labute approximate surface area is 98.7 Å². The van der Waals surface area contributed by atoms with E-state index in [2.05, 4.69) is 31.9 Å². The van der Waals surface area contributed by atoms with Crippen LogP contribution in [0.1, 0.15) is 13.8 Å². The van der Waals surface area contributed by atoms with Gasteiger partial charge >= 0.3 is 0 Å². The maximum absolute atomic E-state index is 12.4. The smallest absolute Gasteiger partial charge is 0.101 e. The molecule has 0 fully saturated rings. The molecule has 1 rings (SSSR count). The average Bonchev–Trinajstić information content (AvgIpc) is 2.17. The van der Waals surface area contributed by atoms with E-state index in [9.17, 15) is 4.21 Å². The molecule has 1 atom stereocenters. The van der Waals surface area contributed by atoms with Crippen LogP contribution < -0.4 is 0 Å². The Kier molecular flexibility index (Phi) is 3.88. The van der Waals surface area contributed by atoms with Crippen molar-refractivity contribution in [3.8, 4) is 0 Å². The summed E-state index contributed by atoms with van der Waals surface area (Å²) >= 11 is 2.12. The predicted molar refractivity (Wildman–Crippen MR) is 66.9 cm³/mol. The zero-order chi connectivity index (χ0) is 10.8. The van der Waals surface area contributed by atoms with Crippen molar-refractivity contribution in [1.82, 2.24) is 4.98 Å². The third-order valence-corrected chi connectivity index (χ3v) is 5.32. The van der Waals surface area contributed by atoms with Gasteiger partial charge in [-0.2, -0.15) is 0 Å². The Morgan fingerprint density at radius 2 is 2.14 bits per heavy atom. The minimum Gasteiger partial charge on any atom is -0.249 e. The molecule has 0 bridgehead atoms. The van der Waals surface area contributed by atoms with E-state index in [0.717, 1.165) is 8.60 Å². The molecule has 5 heteroatoms. The molecule has 14 heavy (non-hydrogen) atoms. The molecule has 1 aromatic rings. The highest BCUT2D eigenvalue weighted by Gasteiger charge is 2.16. The molecule has 0 radical (unpaired) electrons. The second-order valence-corrected chi connectivity index (χ2v) is 7.14. The maximum Gasteiger partial charge on any atom is 0.101 e. The van der Waals surface area contributed by atoms with Gasteiger partial charge in [-0.15, -0.1) is 0 Å². The SMILES string of the molecule is CN=S(=O)(c1ccc(I)nc1)C(C)C. The monoisotopic (exact) mass is 324 g/mol. The van der Waals surface area contributed by atoms with Crippen LogP contribution in [0.25, 0.3) is 0 Å². The van der Waals surface area contributed by atoms with Gasteiger partial charge in [0.25, 0.3) is 0 Å². The van der Waals surface area contributed by atoms with E-state index in [-0.39, 0.29) is 5.25 Å². The first-order valence-corrected chi connectivity index (χ1v) is 6.92. The zero-order valence-electron chi connectivity index (χ0n) is 8.40. The third kappa shape index (κ3) is 2.25. The summed E-state index contributed by atoms with van der Waals surface area (Å²) in [5.74, 6) is 0. The molecule has 1 aromatic heterocycles. The largest absolute Gasteiger partial charge is 0.249 e. The normalized spacial score (nSPS) is 15.2. The molecule has 0 saturated carbocycles. The third-order valence-electron chi connectivity index (χ3n) is 1.95. The Morgan fingerprint density at radius 3 is 2.50 bits per heavy atom. The van der Waals surface area contributed by atoms with Crippen LogP contribution in [0.2, 0.25) is 0 Å². The van der Waals surface area contributed by atoms with Crippen LogP contribution in [0, 0.1) is 3.70 Å². The molecule has 78 valence electrons. The van der Waals surface area contributed by atoms with Crippen molar-refractivity contribution in [1.29, 1.82) is 0 Å². The first-order valence-electron chi connectivity index (χ1n) is 4.26. The van der Waals surface area contributed by atoms with Crippen LogP contribution in [-0.4, -0.2) is 21.5 Å². The second-order valence-electron chi connectivity index (χ2n) is 3.12. The Balaban J connectivity index is 3.29. The summed E-state index contributed by atoms with van der Waals surface area (Å²) in [4.78, 5) is 4.84. The summed E-state index contributed by atoms with van der Waals surface area (Å²) in [6, 6.07) is 3.69. The molecule has 3 nitrogen and oxygen atoms in total. The quantitative estimate of drug-likeness (QED) is 0.620. The molecule has 0 aliphatic rings. The van der Waals surface area contributed by atoms with Gasteiger partial charge in [0.1, 0.15) is 3.70 Å². The van der Waals surface area contributed by atoms with Crippen LogP contribution >= 0.6 is 22.6 Å². The Morgan fingerprint density at radius 1 is 1.50 bits per heavy atom. The van der Waals surface area contributed by atoms with Gasteiger partial charge in [-0.1, -0.05) is 0 Å². The summed E-state index contributed by atoms with van der Waals surface area (Å²) < 4.78 is 17.3. The number of hydrogen-bond donors (Lipinski definition) is 0. The van der Waals surface area contributed by atoms with Gasteiger partial charge < -0.3 is 0 Å². The van der Waals surface area contributed by atoms with Crippen molar-refractivity contribution >= 4 is 32.3 Å². The molecule has 1 heterocycles. The summed E-state index contributed by atoms with van der Waals surface area (Å²) in [5, 5.41) is 0.00867. The molecule has 0 aromatic carbocycles. The number of nitrogens with zero attached hydrogens (tertiary/aromatic N) is 2. The summed E-state index contributed by atoms with van der Waals surface area (Å²) in [6.45, 7) is 3.82. The lowest BCUT2D eigenvalue weighted by atomic mass is 10.5. The van der Waals surface area contributed by atoms with E-state index in [0.29, 0.717) is 0 Å². The summed E-state index contributed by atoms with van der Waals surface area (Å²) in [5.41, 5.74) is 0. The van der Waals surface area contributed by atoms with Gasteiger partial charge in [0, 0.05) is 18.5 Å². The fourth-order valence-electron chi connectivity index (χ4n) is 1.12. The molecule has 0 amide bonds. The summed E-state index contributed by atoms with van der Waals surface area (Å²) in [7, 11) is -0.682. The lowest BCUT2D eigenvalue weighted by molar-refractivity contribution is 0.668. The van der Waals surface area contributed by atoms with E-state index in [4.69, 9.17) is 0 Å². The molecule has 0 aliphatic carbocycles. The van der Waals surface area contributed by atoms with E-state index >= 15 is 0 Å². The number of rotatable bonds is 2. The van der Waals surface area contributed by atoms with Crippen LogP contribution in [0.15, 0.2) is 27.6 Å². The van der Waals surface area contributed by atoms with Crippen molar-refractivity contribution < 1.29 is 4.21 Å². The highest BCUT2D eigenvalue weighted by atomic mass is 127.